The SMILES string of the molecule is CCOC(=O)CC(=O)Nc1c(C)cc(C)cc1C(=O)OC. The number of carbonyl (C=O) groups excluding carboxylic acids is 3. The zero-order valence-electron chi connectivity index (χ0n) is 12.6. The van der Waals surface area contributed by atoms with Crippen molar-refractivity contribution in [2.75, 3.05) is 19.0 Å². The monoisotopic (exact) mass is 293 g/mol. The van der Waals surface area contributed by atoms with Gasteiger partial charge in [-0.1, -0.05) is 6.07 Å². The van der Waals surface area contributed by atoms with Gasteiger partial charge in [0.2, 0.25) is 5.91 Å². The van der Waals surface area contributed by atoms with Gasteiger partial charge in [-0.15, -0.1) is 0 Å². The predicted octanol–water partition coefficient (Wildman–Crippen LogP) is 1.98. The average molecular weight is 293 g/mol. The van der Waals surface area contributed by atoms with Gasteiger partial charge in [-0.3, -0.25) is 9.59 Å². The number of amides is 1. The quantitative estimate of drug-likeness (QED) is 0.663. The molecule has 0 atom stereocenters. The summed E-state index contributed by atoms with van der Waals surface area (Å²) in [6.07, 6.45) is -0.401. The topological polar surface area (TPSA) is 81.7 Å². The fourth-order valence-corrected chi connectivity index (χ4v) is 1.93. The van der Waals surface area contributed by atoms with Gasteiger partial charge in [0.25, 0.3) is 0 Å². The molecule has 21 heavy (non-hydrogen) atoms. The van der Waals surface area contributed by atoms with Crippen molar-refractivity contribution >= 4 is 23.5 Å². The summed E-state index contributed by atoms with van der Waals surface area (Å²) in [5, 5.41) is 2.57. The van der Waals surface area contributed by atoms with Crippen LogP contribution in [-0.2, 0) is 19.1 Å². The Morgan fingerprint density at radius 2 is 1.86 bits per heavy atom. The molecule has 0 fully saturated rings. The second-order valence-corrected chi connectivity index (χ2v) is 4.53. The molecule has 1 N–H and O–H groups in total. The van der Waals surface area contributed by atoms with Crippen molar-refractivity contribution in [1.29, 1.82) is 0 Å². The number of aryl methyl sites for hydroxylation is 2. The third-order valence-electron chi connectivity index (χ3n) is 2.76. The van der Waals surface area contributed by atoms with Crippen LogP contribution >= 0.6 is 0 Å². The molecular formula is C15H19NO5. The lowest BCUT2D eigenvalue weighted by atomic mass is 10.0. The predicted molar refractivity (Wildman–Crippen MR) is 77.1 cm³/mol. The Kier molecular flexibility index (Phi) is 5.90. The number of carbonyl (C=O) groups is 3. The minimum Gasteiger partial charge on any atom is -0.466 e. The molecule has 114 valence electrons. The highest BCUT2D eigenvalue weighted by molar-refractivity contribution is 6.06. The summed E-state index contributed by atoms with van der Waals surface area (Å²) >= 11 is 0. The lowest BCUT2D eigenvalue weighted by molar-refractivity contribution is -0.145. The summed E-state index contributed by atoms with van der Waals surface area (Å²) in [6, 6.07) is 3.45. The Labute approximate surface area is 123 Å². The summed E-state index contributed by atoms with van der Waals surface area (Å²) in [5.74, 6) is -1.70. The Bertz CT molecular complexity index is 565. The van der Waals surface area contributed by atoms with E-state index in [0.29, 0.717) is 11.3 Å². The largest absolute Gasteiger partial charge is 0.466 e. The van der Waals surface area contributed by atoms with Crippen LogP contribution in [0.5, 0.6) is 0 Å². The Morgan fingerprint density at radius 1 is 1.19 bits per heavy atom. The second-order valence-electron chi connectivity index (χ2n) is 4.53. The molecule has 0 heterocycles. The van der Waals surface area contributed by atoms with Crippen molar-refractivity contribution in [3.05, 3.63) is 28.8 Å². The standard InChI is InChI=1S/C15H19NO5/c1-5-21-13(18)8-12(17)16-14-10(3)6-9(2)7-11(14)15(19)20-4/h6-7H,5,8H2,1-4H3,(H,16,17). The fraction of sp³-hybridized carbons (Fsp3) is 0.400. The molecule has 0 radical (unpaired) electrons. The second kappa shape index (κ2) is 7.42. The van der Waals surface area contributed by atoms with Crippen LogP contribution in [0.1, 0.15) is 34.8 Å². The zero-order chi connectivity index (χ0) is 16.0. The molecule has 0 spiro atoms. The number of anilines is 1. The van der Waals surface area contributed by atoms with Gasteiger partial charge in [0, 0.05) is 0 Å². The molecule has 0 unspecified atom stereocenters. The first-order valence-corrected chi connectivity index (χ1v) is 6.54. The summed E-state index contributed by atoms with van der Waals surface area (Å²) in [5.41, 5.74) is 2.19. The molecule has 0 aliphatic rings. The number of ether oxygens (including phenoxy) is 2. The van der Waals surface area contributed by atoms with Crippen LogP contribution in [0.3, 0.4) is 0 Å². The summed E-state index contributed by atoms with van der Waals surface area (Å²) in [4.78, 5) is 34.9. The van der Waals surface area contributed by atoms with Gasteiger partial charge in [0.1, 0.15) is 6.42 Å². The molecule has 6 heteroatoms. The minimum atomic E-state index is -0.612. The van der Waals surface area contributed by atoms with Crippen molar-refractivity contribution in [2.24, 2.45) is 0 Å². The maximum absolute atomic E-state index is 11.8. The fourth-order valence-electron chi connectivity index (χ4n) is 1.93. The smallest absolute Gasteiger partial charge is 0.339 e. The van der Waals surface area contributed by atoms with Gasteiger partial charge in [0.15, 0.2) is 0 Å². The minimum absolute atomic E-state index is 0.211. The van der Waals surface area contributed by atoms with Gasteiger partial charge in [0.05, 0.1) is 25.0 Å². The molecule has 0 saturated carbocycles. The number of nitrogens with one attached hydrogen (secondary N) is 1. The molecule has 1 aromatic carbocycles. The first-order chi connectivity index (χ1) is 9.88. The molecule has 0 aliphatic heterocycles. The number of methoxy groups -OCH3 is 1. The molecule has 0 aromatic heterocycles. The van der Waals surface area contributed by atoms with E-state index in [9.17, 15) is 14.4 Å². The zero-order valence-corrected chi connectivity index (χ0v) is 12.6. The van der Waals surface area contributed by atoms with Gasteiger partial charge >= 0.3 is 11.9 Å². The van der Waals surface area contributed by atoms with E-state index < -0.39 is 24.3 Å². The lowest BCUT2D eigenvalue weighted by Crippen LogP contribution is -2.20. The Morgan fingerprint density at radius 3 is 2.43 bits per heavy atom. The van der Waals surface area contributed by atoms with Crippen LogP contribution in [0.15, 0.2) is 12.1 Å². The van der Waals surface area contributed by atoms with Crippen molar-refractivity contribution in [3.8, 4) is 0 Å². The highest BCUT2D eigenvalue weighted by atomic mass is 16.5. The summed E-state index contributed by atoms with van der Waals surface area (Å²) < 4.78 is 9.41. The summed E-state index contributed by atoms with van der Waals surface area (Å²) in [6.45, 7) is 5.47. The van der Waals surface area contributed by atoms with Crippen molar-refractivity contribution < 1.29 is 23.9 Å². The first-order valence-electron chi connectivity index (χ1n) is 6.54. The van der Waals surface area contributed by atoms with E-state index in [-0.39, 0.29) is 12.2 Å². The average Bonchev–Trinajstić information content (AvgIpc) is 2.40. The summed E-state index contributed by atoms with van der Waals surface area (Å²) in [7, 11) is 1.27. The van der Waals surface area contributed by atoms with Crippen molar-refractivity contribution in [1.82, 2.24) is 0 Å². The van der Waals surface area contributed by atoms with E-state index in [4.69, 9.17) is 9.47 Å². The molecule has 1 amide bonds. The molecule has 1 aromatic rings. The molecule has 6 nitrogen and oxygen atoms in total. The van der Waals surface area contributed by atoms with E-state index in [1.165, 1.54) is 7.11 Å². The van der Waals surface area contributed by atoms with Crippen molar-refractivity contribution in [2.45, 2.75) is 27.2 Å². The third-order valence-corrected chi connectivity index (χ3v) is 2.76. The highest BCUT2D eigenvalue weighted by Gasteiger charge is 2.18. The van der Waals surface area contributed by atoms with Gasteiger partial charge < -0.3 is 14.8 Å². The molecule has 0 saturated heterocycles. The maximum atomic E-state index is 11.8. The Balaban J connectivity index is 2.99. The van der Waals surface area contributed by atoms with Crippen LogP contribution in [0.2, 0.25) is 0 Å². The molecular weight excluding hydrogens is 274 g/mol. The van der Waals surface area contributed by atoms with Crippen LogP contribution < -0.4 is 5.32 Å². The number of benzene rings is 1. The van der Waals surface area contributed by atoms with E-state index in [2.05, 4.69) is 5.32 Å². The van der Waals surface area contributed by atoms with Gasteiger partial charge in [-0.05, 0) is 38.0 Å². The number of hydrogen-bond acceptors (Lipinski definition) is 5. The maximum Gasteiger partial charge on any atom is 0.339 e. The third kappa shape index (κ3) is 4.59. The molecule has 0 bridgehead atoms. The number of hydrogen-bond donors (Lipinski definition) is 1. The van der Waals surface area contributed by atoms with E-state index in [1.807, 2.05) is 13.0 Å². The number of rotatable bonds is 5. The van der Waals surface area contributed by atoms with Crippen LogP contribution in [0, 0.1) is 13.8 Å². The highest BCUT2D eigenvalue weighted by Crippen LogP contribution is 2.23. The van der Waals surface area contributed by atoms with Gasteiger partial charge in [-0.25, -0.2) is 4.79 Å². The lowest BCUT2D eigenvalue weighted by Gasteiger charge is -2.13. The van der Waals surface area contributed by atoms with Crippen LogP contribution in [0.4, 0.5) is 5.69 Å². The van der Waals surface area contributed by atoms with Crippen LogP contribution in [-0.4, -0.2) is 31.6 Å². The number of esters is 2. The van der Waals surface area contributed by atoms with E-state index >= 15 is 0 Å². The van der Waals surface area contributed by atoms with Crippen LogP contribution in [0.25, 0.3) is 0 Å². The molecule has 1 rings (SSSR count). The van der Waals surface area contributed by atoms with E-state index in [1.54, 1.807) is 19.9 Å². The normalized spacial score (nSPS) is 9.90. The van der Waals surface area contributed by atoms with Gasteiger partial charge in [-0.2, -0.15) is 0 Å². The van der Waals surface area contributed by atoms with Crippen molar-refractivity contribution in [3.63, 3.8) is 0 Å². The first kappa shape index (κ1) is 16.7. The Hall–Kier alpha value is -2.37. The molecule has 0 aliphatic carbocycles. The van der Waals surface area contributed by atoms with E-state index in [0.717, 1.165) is 5.56 Å².